The fraction of sp³-hybridized carbons (Fsp3) is 0. The second-order valence-corrected chi connectivity index (χ2v) is 2.47. The number of aromatic nitrogens is 2. The van der Waals surface area contributed by atoms with E-state index in [1.54, 1.807) is 6.07 Å². The zero-order chi connectivity index (χ0) is 6.85. The summed E-state index contributed by atoms with van der Waals surface area (Å²) in [5.74, 6) is 0. The summed E-state index contributed by atoms with van der Waals surface area (Å²) >= 11 is 1.94. The van der Waals surface area contributed by atoms with Gasteiger partial charge in [-0.3, -0.25) is 0 Å². The van der Waals surface area contributed by atoms with Gasteiger partial charge in [-0.15, -0.1) is 0 Å². The fourth-order valence-corrected chi connectivity index (χ4v) is 0.801. The largest absolute Gasteiger partial charge is 0.463 e. The maximum atomic E-state index is 10.1. The van der Waals surface area contributed by atoms with Gasteiger partial charge in [0.1, 0.15) is 3.70 Å². The Balaban J connectivity index is 2.98. The summed E-state index contributed by atoms with van der Waals surface area (Å²) in [6.45, 7) is 0. The number of hydrogen-bond donors (Lipinski definition) is 1. The molecule has 1 heterocycles. The van der Waals surface area contributed by atoms with Gasteiger partial charge in [-0.2, -0.15) is 9.78 Å². The predicted molar refractivity (Wildman–Crippen MR) is 38.4 cm³/mol. The molecule has 0 aliphatic carbocycles. The number of carbonyl (C=O) groups is 1. The van der Waals surface area contributed by atoms with Gasteiger partial charge in [0.05, 0.1) is 0 Å². The molecule has 0 amide bonds. The molecule has 0 spiro atoms. The van der Waals surface area contributed by atoms with Crippen LogP contribution in [0.5, 0.6) is 0 Å². The van der Waals surface area contributed by atoms with E-state index in [-0.39, 0.29) is 0 Å². The van der Waals surface area contributed by atoms with Crippen LogP contribution in [0.4, 0.5) is 4.79 Å². The normalized spacial score (nSPS) is 9.44. The van der Waals surface area contributed by atoms with Crippen molar-refractivity contribution in [3.63, 3.8) is 0 Å². The first-order valence-corrected chi connectivity index (χ1v) is 3.22. The van der Waals surface area contributed by atoms with Gasteiger partial charge in [-0.1, -0.05) is 0 Å². The third-order valence-electron chi connectivity index (χ3n) is 0.753. The first-order chi connectivity index (χ1) is 4.20. The summed E-state index contributed by atoms with van der Waals surface area (Å²) < 4.78 is 1.54. The van der Waals surface area contributed by atoms with E-state index in [0.29, 0.717) is 3.70 Å². The van der Waals surface area contributed by atoms with Crippen LogP contribution in [0.1, 0.15) is 0 Å². The average molecular weight is 238 g/mol. The summed E-state index contributed by atoms with van der Waals surface area (Å²) in [5.41, 5.74) is 0. The average Bonchev–Trinajstić information content (AvgIpc) is 2.14. The van der Waals surface area contributed by atoms with E-state index in [4.69, 9.17) is 5.11 Å². The van der Waals surface area contributed by atoms with Gasteiger partial charge in [-0.25, -0.2) is 4.79 Å². The zero-order valence-corrected chi connectivity index (χ0v) is 6.44. The molecule has 1 aromatic heterocycles. The van der Waals surface area contributed by atoms with Gasteiger partial charge in [0.2, 0.25) is 0 Å². The molecular formula is C4H3IN2O2. The summed E-state index contributed by atoms with van der Waals surface area (Å²) in [6.07, 6.45) is 0.335. The maximum Gasteiger partial charge on any atom is 0.432 e. The highest BCUT2D eigenvalue weighted by Crippen LogP contribution is 1.97. The molecule has 0 fully saturated rings. The molecule has 0 aliphatic heterocycles. The van der Waals surface area contributed by atoms with Gasteiger partial charge in [0, 0.05) is 6.20 Å². The Morgan fingerprint density at radius 3 is 2.78 bits per heavy atom. The standard InChI is InChI=1S/C4H3IN2O2/c5-3-1-2-7(6-3)4(8)9/h1-2H,(H,8,9). The van der Waals surface area contributed by atoms with Gasteiger partial charge < -0.3 is 5.11 Å². The molecule has 1 rings (SSSR count). The van der Waals surface area contributed by atoms with Crippen molar-refractivity contribution >= 4 is 28.7 Å². The third-order valence-corrected chi connectivity index (χ3v) is 1.33. The number of nitrogens with zero attached hydrogens (tertiary/aromatic N) is 2. The van der Waals surface area contributed by atoms with Crippen molar-refractivity contribution in [3.05, 3.63) is 16.0 Å². The molecule has 4 nitrogen and oxygen atoms in total. The van der Waals surface area contributed by atoms with Gasteiger partial charge >= 0.3 is 6.09 Å². The molecule has 0 aromatic carbocycles. The van der Waals surface area contributed by atoms with Crippen LogP contribution in [0.2, 0.25) is 0 Å². The fourth-order valence-electron chi connectivity index (χ4n) is 0.408. The second kappa shape index (κ2) is 2.34. The summed E-state index contributed by atoms with van der Waals surface area (Å²) in [6, 6.07) is 1.62. The van der Waals surface area contributed by atoms with Crippen molar-refractivity contribution in [2.24, 2.45) is 0 Å². The second-order valence-electron chi connectivity index (χ2n) is 1.37. The van der Waals surface area contributed by atoms with Crippen LogP contribution >= 0.6 is 22.6 Å². The molecule has 0 saturated carbocycles. The predicted octanol–water partition coefficient (Wildman–Crippen LogP) is 1.01. The molecule has 0 atom stereocenters. The Hall–Kier alpha value is -0.590. The van der Waals surface area contributed by atoms with E-state index in [2.05, 4.69) is 5.10 Å². The SMILES string of the molecule is O=C(O)n1ccc(I)n1. The summed E-state index contributed by atoms with van der Waals surface area (Å²) in [7, 11) is 0. The van der Waals surface area contributed by atoms with Gasteiger partial charge in [-0.05, 0) is 28.7 Å². The monoisotopic (exact) mass is 238 g/mol. The number of hydrogen-bond acceptors (Lipinski definition) is 2. The molecule has 0 bridgehead atoms. The molecule has 1 aromatic rings. The number of rotatable bonds is 0. The molecule has 5 heteroatoms. The van der Waals surface area contributed by atoms with Crippen molar-refractivity contribution in [1.82, 2.24) is 9.78 Å². The van der Waals surface area contributed by atoms with Crippen LogP contribution in [0, 0.1) is 3.70 Å². The smallest absolute Gasteiger partial charge is 0.432 e. The minimum absolute atomic E-state index is 0.676. The number of halogens is 1. The van der Waals surface area contributed by atoms with E-state index in [0.717, 1.165) is 4.68 Å². The quantitative estimate of drug-likeness (QED) is 0.686. The van der Waals surface area contributed by atoms with E-state index in [1.165, 1.54) is 6.20 Å². The zero-order valence-electron chi connectivity index (χ0n) is 4.28. The Labute approximate surface area is 64.6 Å². The minimum atomic E-state index is -1.06. The molecular weight excluding hydrogens is 235 g/mol. The minimum Gasteiger partial charge on any atom is -0.463 e. The van der Waals surface area contributed by atoms with Gasteiger partial charge in [0.25, 0.3) is 0 Å². The molecule has 1 N–H and O–H groups in total. The highest BCUT2D eigenvalue weighted by Gasteiger charge is 1.99. The van der Waals surface area contributed by atoms with E-state index in [9.17, 15) is 4.79 Å². The van der Waals surface area contributed by atoms with Crippen molar-refractivity contribution in [1.29, 1.82) is 0 Å². The Kier molecular flexibility index (Phi) is 1.70. The van der Waals surface area contributed by atoms with E-state index in [1.807, 2.05) is 22.6 Å². The Bertz CT molecular complexity index is 232. The van der Waals surface area contributed by atoms with Crippen molar-refractivity contribution in [2.75, 3.05) is 0 Å². The Morgan fingerprint density at radius 2 is 2.56 bits per heavy atom. The lowest BCUT2D eigenvalue weighted by atomic mass is 10.8. The maximum absolute atomic E-state index is 10.1. The number of carboxylic acid groups (broad SMARTS) is 1. The topological polar surface area (TPSA) is 55.1 Å². The van der Waals surface area contributed by atoms with Crippen molar-refractivity contribution in [2.45, 2.75) is 0 Å². The molecule has 0 saturated heterocycles. The molecule has 0 unspecified atom stereocenters. The van der Waals surface area contributed by atoms with Crippen LogP contribution in [-0.2, 0) is 0 Å². The lowest BCUT2D eigenvalue weighted by molar-refractivity contribution is 0.192. The van der Waals surface area contributed by atoms with Crippen LogP contribution in [-0.4, -0.2) is 21.0 Å². The van der Waals surface area contributed by atoms with Crippen LogP contribution in [0.3, 0.4) is 0 Å². The summed E-state index contributed by atoms with van der Waals surface area (Å²) in [4.78, 5) is 10.1. The van der Waals surface area contributed by atoms with Crippen molar-refractivity contribution < 1.29 is 9.90 Å². The van der Waals surface area contributed by atoms with Crippen LogP contribution in [0.25, 0.3) is 0 Å². The lowest BCUT2D eigenvalue weighted by Crippen LogP contribution is -2.07. The molecule has 0 radical (unpaired) electrons. The molecule has 9 heavy (non-hydrogen) atoms. The summed E-state index contributed by atoms with van der Waals surface area (Å²) in [5, 5.41) is 11.9. The van der Waals surface area contributed by atoms with E-state index < -0.39 is 6.09 Å². The van der Waals surface area contributed by atoms with E-state index >= 15 is 0 Å². The third kappa shape index (κ3) is 1.41. The lowest BCUT2D eigenvalue weighted by Gasteiger charge is -1.86. The highest BCUT2D eigenvalue weighted by molar-refractivity contribution is 14.1. The molecule has 0 aliphatic rings. The van der Waals surface area contributed by atoms with Crippen LogP contribution in [0.15, 0.2) is 12.3 Å². The van der Waals surface area contributed by atoms with Crippen LogP contribution < -0.4 is 0 Å². The Morgan fingerprint density at radius 1 is 1.89 bits per heavy atom. The first kappa shape index (κ1) is 6.53. The van der Waals surface area contributed by atoms with Crippen molar-refractivity contribution in [3.8, 4) is 0 Å². The highest BCUT2D eigenvalue weighted by atomic mass is 127. The van der Waals surface area contributed by atoms with Gasteiger partial charge in [0.15, 0.2) is 0 Å². The molecule has 48 valence electrons. The first-order valence-electron chi connectivity index (χ1n) is 2.14.